The zero-order valence-corrected chi connectivity index (χ0v) is 13.1. The number of carbonyl (C=O) groups is 1. The molecule has 2 aromatic carbocycles. The van der Waals surface area contributed by atoms with Gasteiger partial charge in [0.1, 0.15) is 5.82 Å². The van der Waals surface area contributed by atoms with Gasteiger partial charge in [-0.25, -0.2) is 4.39 Å². The molecule has 3 N–H and O–H groups in total. The minimum atomic E-state index is -0.521. The Bertz CT molecular complexity index is 661. The lowest BCUT2D eigenvalue weighted by Gasteiger charge is -2.15. The SMILES string of the molecule is CC(NCCNC(=O)c1ccccc1F)c1cccc(CO)c1. The minimum absolute atomic E-state index is 0.0132. The molecule has 0 bridgehead atoms. The van der Waals surface area contributed by atoms with Gasteiger partial charge in [0.15, 0.2) is 0 Å². The molecule has 23 heavy (non-hydrogen) atoms. The molecule has 2 rings (SSSR count). The van der Waals surface area contributed by atoms with Crippen LogP contribution in [0, 0.1) is 5.82 Å². The van der Waals surface area contributed by atoms with Crippen LogP contribution in [0.25, 0.3) is 0 Å². The van der Waals surface area contributed by atoms with E-state index >= 15 is 0 Å². The summed E-state index contributed by atoms with van der Waals surface area (Å²) in [6.07, 6.45) is 0. The number of carbonyl (C=O) groups excluding carboxylic acids is 1. The van der Waals surface area contributed by atoms with Crippen LogP contribution >= 0.6 is 0 Å². The Labute approximate surface area is 135 Å². The van der Waals surface area contributed by atoms with Gasteiger partial charge in [0.2, 0.25) is 0 Å². The van der Waals surface area contributed by atoms with Gasteiger partial charge in [-0.05, 0) is 30.2 Å². The normalized spacial score (nSPS) is 12.0. The molecule has 0 fully saturated rings. The zero-order chi connectivity index (χ0) is 16.7. The van der Waals surface area contributed by atoms with Crippen molar-refractivity contribution in [3.05, 3.63) is 71.0 Å². The fraction of sp³-hybridized carbons (Fsp3) is 0.278. The summed E-state index contributed by atoms with van der Waals surface area (Å²) >= 11 is 0. The first-order valence-corrected chi connectivity index (χ1v) is 7.57. The molecule has 5 heteroatoms. The molecule has 0 aromatic heterocycles. The molecular weight excluding hydrogens is 295 g/mol. The molecule has 122 valence electrons. The van der Waals surface area contributed by atoms with Gasteiger partial charge in [-0.3, -0.25) is 4.79 Å². The third kappa shape index (κ3) is 4.87. The van der Waals surface area contributed by atoms with Crippen molar-refractivity contribution in [1.29, 1.82) is 0 Å². The van der Waals surface area contributed by atoms with Crippen molar-refractivity contribution in [1.82, 2.24) is 10.6 Å². The van der Waals surface area contributed by atoms with E-state index in [1.165, 1.54) is 12.1 Å². The number of halogens is 1. The highest BCUT2D eigenvalue weighted by Crippen LogP contribution is 2.13. The van der Waals surface area contributed by atoms with Crippen LogP contribution in [0.4, 0.5) is 4.39 Å². The summed E-state index contributed by atoms with van der Waals surface area (Å²) in [6, 6.07) is 13.7. The summed E-state index contributed by atoms with van der Waals surface area (Å²) in [4.78, 5) is 11.9. The van der Waals surface area contributed by atoms with Gasteiger partial charge in [0.25, 0.3) is 5.91 Å². The van der Waals surface area contributed by atoms with Crippen molar-refractivity contribution in [2.24, 2.45) is 0 Å². The molecule has 1 unspecified atom stereocenters. The maximum atomic E-state index is 13.5. The largest absolute Gasteiger partial charge is 0.392 e. The minimum Gasteiger partial charge on any atom is -0.392 e. The standard InChI is InChI=1S/C18H21FN2O2/c1-13(15-6-4-5-14(11-15)12-22)20-9-10-21-18(23)16-7-2-3-8-17(16)19/h2-8,11,13,20,22H,9-10,12H2,1H3,(H,21,23). The Morgan fingerprint density at radius 2 is 1.96 bits per heavy atom. The molecule has 0 saturated carbocycles. The quantitative estimate of drug-likeness (QED) is 0.687. The fourth-order valence-corrected chi connectivity index (χ4v) is 2.28. The molecule has 0 spiro atoms. The summed E-state index contributed by atoms with van der Waals surface area (Å²) in [5, 5.41) is 15.1. The Balaban J connectivity index is 1.78. The van der Waals surface area contributed by atoms with Crippen LogP contribution in [0.5, 0.6) is 0 Å². The zero-order valence-electron chi connectivity index (χ0n) is 13.1. The van der Waals surface area contributed by atoms with Gasteiger partial charge in [-0.2, -0.15) is 0 Å². The first-order valence-electron chi connectivity index (χ1n) is 7.57. The Morgan fingerprint density at radius 3 is 2.70 bits per heavy atom. The molecule has 0 radical (unpaired) electrons. The van der Waals surface area contributed by atoms with Crippen molar-refractivity contribution < 1.29 is 14.3 Å². The van der Waals surface area contributed by atoms with E-state index in [2.05, 4.69) is 10.6 Å². The molecule has 0 aliphatic rings. The van der Waals surface area contributed by atoms with Gasteiger partial charge in [0, 0.05) is 19.1 Å². The van der Waals surface area contributed by atoms with E-state index < -0.39 is 11.7 Å². The monoisotopic (exact) mass is 316 g/mol. The third-order valence-corrected chi connectivity index (χ3v) is 3.61. The Kier molecular flexibility index (Phi) is 6.26. The second-order valence-corrected chi connectivity index (χ2v) is 5.31. The molecule has 0 aliphatic heterocycles. The van der Waals surface area contributed by atoms with Crippen molar-refractivity contribution in [2.45, 2.75) is 19.6 Å². The molecule has 0 heterocycles. The van der Waals surface area contributed by atoms with E-state index in [9.17, 15) is 9.18 Å². The van der Waals surface area contributed by atoms with E-state index in [0.29, 0.717) is 13.1 Å². The topological polar surface area (TPSA) is 61.4 Å². The van der Waals surface area contributed by atoms with Crippen LogP contribution < -0.4 is 10.6 Å². The van der Waals surface area contributed by atoms with Crippen molar-refractivity contribution in [3.63, 3.8) is 0 Å². The summed E-state index contributed by atoms with van der Waals surface area (Å²) in [7, 11) is 0. The van der Waals surface area contributed by atoms with Gasteiger partial charge < -0.3 is 15.7 Å². The van der Waals surface area contributed by atoms with E-state index in [4.69, 9.17) is 5.11 Å². The lowest BCUT2D eigenvalue weighted by Crippen LogP contribution is -2.33. The summed E-state index contributed by atoms with van der Waals surface area (Å²) in [5.41, 5.74) is 1.98. The predicted octanol–water partition coefficient (Wildman–Crippen LogP) is 2.40. The van der Waals surface area contributed by atoms with Crippen molar-refractivity contribution in [3.8, 4) is 0 Å². The predicted molar refractivity (Wildman–Crippen MR) is 87.5 cm³/mol. The lowest BCUT2D eigenvalue weighted by molar-refractivity contribution is 0.0949. The Hall–Kier alpha value is -2.24. The highest BCUT2D eigenvalue weighted by atomic mass is 19.1. The summed E-state index contributed by atoms with van der Waals surface area (Å²) in [5.74, 6) is -0.938. The van der Waals surface area contributed by atoms with Crippen LogP contribution in [0.1, 0.15) is 34.5 Å². The summed E-state index contributed by atoms with van der Waals surface area (Å²) in [6.45, 7) is 2.98. The number of aliphatic hydroxyl groups is 1. The Morgan fingerprint density at radius 1 is 1.17 bits per heavy atom. The maximum absolute atomic E-state index is 13.5. The highest BCUT2D eigenvalue weighted by Gasteiger charge is 2.10. The number of nitrogens with one attached hydrogen (secondary N) is 2. The number of hydrogen-bond acceptors (Lipinski definition) is 3. The van der Waals surface area contributed by atoms with Crippen LogP contribution in [0.2, 0.25) is 0 Å². The maximum Gasteiger partial charge on any atom is 0.254 e. The smallest absolute Gasteiger partial charge is 0.254 e. The van der Waals surface area contributed by atoms with E-state index in [0.717, 1.165) is 11.1 Å². The average Bonchev–Trinajstić information content (AvgIpc) is 2.58. The lowest BCUT2D eigenvalue weighted by atomic mass is 10.1. The first-order chi connectivity index (χ1) is 11.1. The number of rotatable bonds is 7. The van der Waals surface area contributed by atoms with E-state index in [1.54, 1.807) is 12.1 Å². The molecule has 2 aromatic rings. The molecule has 4 nitrogen and oxygen atoms in total. The fourth-order valence-electron chi connectivity index (χ4n) is 2.28. The second-order valence-electron chi connectivity index (χ2n) is 5.31. The van der Waals surface area contributed by atoms with E-state index in [1.807, 2.05) is 31.2 Å². The van der Waals surface area contributed by atoms with Crippen LogP contribution in [-0.4, -0.2) is 24.1 Å². The first kappa shape index (κ1) is 17.1. The molecular formula is C18H21FN2O2. The van der Waals surface area contributed by atoms with Gasteiger partial charge in [-0.1, -0.05) is 36.4 Å². The third-order valence-electron chi connectivity index (χ3n) is 3.61. The van der Waals surface area contributed by atoms with Crippen molar-refractivity contribution in [2.75, 3.05) is 13.1 Å². The van der Waals surface area contributed by atoms with Gasteiger partial charge >= 0.3 is 0 Å². The second kappa shape index (κ2) is 8.41. The summed E-state index contributed by atoms with van der Waals surface area (Å²) < 4.78 is 13.5. The number of aliphatic hydroxyl groups excluding tert-OH is 1. The van der Waals surface area contributed by atoms with Gasteiger partial charge in [-0.15, -0.1) is 0 Å². The number of benzene rings is 2. The molecule has 1 atom stereocenters. The average molecular weight is 316 g/mol. The molecule has 0 saturated heterocycles. The van der Waals surface area contributed by atoms with Crippen LogP contribution in [0.15, 0.2) is 48.5 Å². The highest BCUT2D eigenvalue weighted by molar-refractivity contribution is 5.94. The number of hydrogen-bond donors (Lipinski definition) is 3. The van der Waals surface area contributed by atoms with Crippen LogP contribution in [-0.2, 0) is 6.61 Å². The number of amides is 1. The molecule has 1 amide bonds. The van der Waals surface area contributed by atoms with E-state index in [-0.39, 0.29) is 18.2 Å². The molecule has 0 aliphatic carbocycles. The van der Waals surface area contributed by atoms with Gasteiger partial charge in [0.05, 0.1) is 12.2 Å². The van der Waals surface area contributed by atoms with Crippen molar-refractivity contribution >= 4 is 5.91 Å². The van der Waals surface area contributed by atoms with Crippen LogP contribution in [0.3, 0.4) is 0 Å².